The largest absolute Gasteiger partial charge is 0.393 e. The Labute approximate surface area is 129 Å². The van der Waals surface area contributed by atoms with Gasteiger partial charge in [0.05, 0.1) is 22.8 Å². The highest BCUT2D eigenvalue weighted by atomic mass is 16.6. The molecule has 0 aromatic heterocycles. The van der Waals surface area contributed by atoms with Crippen LogP contribution in [0.3, 0.4) is 0 Å². The standard InChI is InChI=1S/C15H21N3O4/c1-11(19)6-8-16(2)14-7-9-17(15(14)20)12-4-3-5-13(10-12)18(21)22/h3-5,10-11,14,19H,6-9H2,1-2H3. The number of hydrogen-bond donors (Lipinski definition) is 1. The molecule has 1 saturated heterocycles. The van der Waals surface area contributed by atoms with Crippen LogP contribution in [0.1, 0.15) is 19.8 Å². The number of carbonyl (C=O) groups is 1. The molecule has 1 heterocycles. The number of aliphatic hydroxyl groups is 1. The van der Waals surface area contributed by atoms with Crippen LogP contribution in [-0.2, 0) is 4.79 Å². The summed E-state index contributed by atoms with van der Waals surface area (Å²) in [5, 5.41) is 20.2. The third-order valence-electron chi connectivity index (χ3n) is 3.96. The summed E-state index contributed by atoms with van der Waals surface area (Å²) in [6.45, 7) is 2.90. The fraction of sp³-hybridized carbons (Fsp3) is 0.533. The number of anilines is 1. The summed E-state index contributed by atoms with van der Waals surface area (Å²) in [6.07, 6.45) is 0.890. The molecule has 1 aromatic rings. The van der Waals surface area contributed by atoms with Gasteiger partial charge in [-0.15, -0.1) is 0 Å². The number of carbonyl (C=O) groups excluding carboxylic acids is 1. The van der Waals surface area contributed by atoms with E-state index in [-0.39, 0.29) is 17.6 Å². The molecule has 1 aromatic carbocycles. The number of nitro benzene ring substituents is 1. The fourth-order valence-electron chi connectivity index (χ4n) is 2.65. The van der Waals surface area contributed by atoms with Crippen molar-refractivity contribution in [1.82, 2.24) is 4.90 Å². The zero-order chi connectivity index (χ0) is 16.3. The van der Waals surface area contributed by atoms with Gasteiger partial charge in [0.2, 0.25) is 5.91 Å². The van der Waals surface area contributed by atoms with Gasteiger partial charge in [-0.05, 0) is 32.9 Å². The molecular formula is C15H21N3O4. The van der Waals surface area contributed by atoms with Crippen molar-refractivity contribution in [1.29, 1.82) is 0 Å². The van der Waals surface area contributed by atoms with E-state index < -0.39 is 11.0 Å². The molecule has 2 rings (SSSR count). The lowest BCUT2D eigenvalue weighted by atomic mass is 10.2. The smallest absolute Gasteiger partial charge is 0.271 e. The number of amides is 1. The van der Waals surface area contributed by atoms with Gasteiger partial charge in [0.25, 0.3) is 5.69 Å². The number of hydrogen-bond acceptors (Lipinski definition) is 5. The highest BCUT2D eigenvalue weighted by Crippen LogP contribution is 2.27. The van der Waals surface area contributed by atoms with Gasteiger partial charge < -0.3 is 10.0 Å². The summed E-state index contributed by atoms with van der Waals surface area (Å²) >= 11 is 0. The van der Waals surface area contributed by atoms with Crippen molar-refractivity contribution in [3.8, 4) is 0 Å². The molecule has 120 valence electrons. The molecule has 2 atom stereocenters. The Morgan fingerprint density at radius 2 is 2.27 bits per heavy atom. The lowest BCUT2D eigenvalue weighted by Gasteiger charge is -2.24. The molecule has 1 amide bonds. The van der Waals surface area contributed by atoms with Crippen molar-refractivity contribution in [2.75, 3.05) is 25.0 Å². The molecule has 0 saturated carbocycles. The Hall–Kier alpha value is -1.99. The number of non-ortho nitro benzene ring substituents is 1. The second kappa shape index (κ2) is 6.85. The van der Waals surface area contributed by atoms with Crippen molar-refractivity contribution in [3.63, 3.8) is 0 Å². The number of rotatable bonds is 6. The van der Waals surface area contributed by atoms with Gasteiger partial charge in [0, 0.05) is 25.2 Å². The highest BCUT2D eigenvalue weighted by molar-refractivity contribution is 5.99. The van der Waals surface area contributed by atoms with Crippen LogP contribution in [0.2, 0.25) is 0 Å². The third kappa shape index (κ3) is 3.61. The van der Waals surface area contributed by atoms with E-state index in [1.165, 1.54) is 12.1 Å². The minimum Gasteiger partial charge on any atom is -0.393 e. The van der Waals surface area contributed by atoms with Crippen LogP contribution >= 0.6 is 0 Å². The average molecular weight is 307 g/mol. The molecule has 0 bridgehead atoms. The third-order valence-corrected chi connectivity index (χ3v) is 3.96. The normalized spacial score (nSPS) is 19.7. The number of nitrogens with zero attached hydrogens (tertiary/aromatic N) is 3. The monoisotopic (exact) mass is 307 g/mol. The van der Waals surface area contributed by atoms with Gasteiger partial charge >= 0.3 is 0 Å². The molecule has 22 heavy (non-hydrogen) atoms. The predicted octanol–water partition coefficient (Wildman–Crippen LogP) is 1.40. The summed E-state index contributed by atoms with van der Waals surface area (Å²) in [4.78, 5) is 26.4. The van der Waals surface area contributed by atoms with Crippen molar-refractivity contribution >= 4 is 17.3 Å². The van der Waals surface area contributed by atoms with Crippen LogP contribution in [0.4, 0.5) is 11.4 Å². The summed E-state index contributed by atoms with van der Waals surface area (Å²) < 4.78 is 0. The average Bonchev–Trinajstić information content (AvgIpc) is 2.86. The van der Waals surface area contributed by atoms with Crippen LogP contribution in [0.5, 0.6) is 0 Å². The summed E-state index contributed by atoms with van der Waals surface area (Å²) in [5.74, 6) is -0.0476. The van der Waals surface area contributed by atoms with Gasteiger partial charge in [0.1, 0.15) is 0 Å². The van der Waals surface area contributed by atoms with Gasteiger partial charge in [-0.1, -0.05) is 6.07 Å². The molecule has 1 aliphatic heterocycles. The molecule has 1 fully saturated rings. The molecule has 1 N–H and O–H groups in total. The van der Waals surface area contributed by atoms with E-state index in [0.29, 0.717) is 31.6 Å². The quantitative estimate of drug-likeness (QED) is 0.634. The Balaban J connectivity index is 2.08. The summed E-state index contributed by atoms with van der Waals surface area (Å²) in [6, 6.07) is 5.90. The van der Waals surface area contributed by atoms with E-state index in [4.69, 9.17) is 0 Å². The highest BCUT2D eigenvalue weighted by Gasteiger charge is 2.35. The van der Waals surface area contributed by atoms with Crippen LogP contribution in [-0.4, -0.2) is 53.1 Å². The first-order valence-electron chi connectivity index (χ1n) is 7.34. The Morgan fingerprint density at radius 1 is 1.55 bits per heavy atom. The zero-order valence-electron chi connectivity index (χ0n) is 12.8. The van der Waals surface area contributed by atoms with Gasteiger partial charge in [0.15, 0.2) is 0 Å². The predicted molar refractivity (Wildman–Crippen MR) is 82.8 cm³/mol. The maximum absolute atomic E-state index is 12.5. The maximum Gasteiger partial charge on any atom is 0.271 e. The van der Waals surface area contributed by atoms with Crippen molar-refractivity contribution in [3.05, 3.63) is 34.4 Å². The van der Waals surface area contributed by atoms with Crippen LogP contribution < -0.4 is 4.90 Å². The first-order chi connectivity index (χ1) is 10.4. The molecular weight excluding hydrogens is 286 g/mol. The first-order valence-corrected chi connectivity index (χ1v) is 7.34. The second-order valence-corrected chi connectivity index (χ2v) is 5.69. The van der Waals surface area contributed by atoms with E-state index in [1.54, 1.807) is 24.0 Å². The van der Waals surface area contributed by atoms with E-state index in [1.807, 2.05) is 11.9 Å². The first kappa shape index (κ1) is 16.4. The van der Waals surface area contributed by atoms with E-state index in [0.717, 1.165) is 0 Å². The van der Waals surface area contributed by atoms with E-state index in [9.17, 15) is 20.0 Å². The minimum absolute atomic E-state index is 0.0174. The molecule has 7 nitrogen and oxygen atoms in total. The van der Waals surface area contributed by atoms with E-state index in [2.05, 4.69) is 0 Å². The molecule has 2 unspecified atom stereocenters. The summed E-state index contributed by atoms with van der Waals surface area (Å²) in [5.41, 5.74) is 0.543. The molecule has 0 aliphatic carbocycles. The maximum atomic E-state index is 12.5. The molecule has 0 radical (unpaired) electrons. The number of likely N-dealkylation sites (N-methyl/N-ethyl adjacent to an activating group) is 1. The minimum atomic E-state index is -0.462. The fourth-order valence-corrected chi connectivity index (χ4v) is 2.65. The Morgan fingerprint density at radius 3 is 2.91 bits per heavy atom. The Bertz CT molecular complexity index is 561. The van der Waals surface area contributed by atoms with E-state index >= 15 is 0 Å². The van der Waals surface area contributed by atoms with Crippen molar-refractivity contribution < 1.29 is 14.8 Å². The van der Waals surface area contributed by atoms with Crippen molar-refractivity contribution in [2.45, 2.75) is 31.9 Å². The second-order valence-electron chi connectivity index (χ2n) is 5.69. The lowest BCUT2D eigenvalue weighted by Crippen LogP contribution is -2.40. The molecule has 7 heteroatoms. The number of benzene rings is 1. The van der Waals surface area contributed by atoms with Gasteiger partial charge in [-0.3, -0.25) is 19.8 Å². The van der Waals surface area contributed by atoms with Crippen LogP contribution in [0.25, 0.3) is 0 Å². The SMILES string of the molecule is CC(O)CCN(C)C1CCN(c2cccc([N+](=O)[O-])c2)C1=O. The van der Waals surface area contributed by atoms with Gasteiger partial charge in [-0.2, -0.15) is 0 Å². The summed E-state index contributed by atoms with van der Waals surface area (Å²) in [7, 11) is 1.86. The van der Waals surface area contributed by atoms with Crippen molar-refractivity contribution in [2.24, 2.45) is 0 Å². The molecule has 0 spiro atoms. The number of aliphatic hydroxyl groups excluding tert-OH is 1. The molecule has 1 aliphatic rings. The zero-order valence-corrected chi connectivity index (χ0v) is 12.8. The number of nitro groups is 1. The lowest BCUT2D eigenvalue weighted by molar-refractivity contribution is -0.384. The van der Waals surface area contributed by atoms with Crippen LogP contribution in [0.15, 0.2) is 24.3 Å². The van der Waals surface area contributed by atoms with Crippen LogP contribution in [0, 0.1) is 10.1 Å². The Kier molecular flexibility index (Phi) is 5.10. The topological polar surface area (TPSA) is 86.9 Å². The van der Waals surface area contributed by atoms with Gasteiger partial charge in [-0.25, -0.2) is 0 Å².